The highest BCUT2D eigenvalue weighted by atomic mass is 32.2. The summed E-state index contributed by atoms with van der Waals surface area (Å²) in [5.41, 5.74) is 2.87. The summed E-state index contributed by atoms with van der Waals surface area (Å²) in [7, 11) is 0. The third-order valence-corrected chi connectivity index (χ3v) is 6.27. The van der Waals surface area contributed by atoms with Crippen LogP contribution in [0.15, 0.2) is 88.8 Å². The van der Waals surface area contributed by atoms with Crippen LogP contribution in [0.1, 0.15) is 18.1 Å². The number of nitrogens with zero attached hydrogens (tertiary/aromatic N) is 4. The number of ether oxygens (including phenoxy) is 1. The van der Waals surface area contributed by atoms with Crippen molar-refractivity contribution < 1.29 is 4.74 Å². The van der Waals surface area contributed by atoms with E-state index in [-0.39, 0.29) is 5.56 Å². The Bertz CT molecular complexity index is 1440. The summed E-state index contributed by atoms with van der Waals surface area (Å²) in [4.78, 5) is 13.3. The second-order valence-electron chi connectivity index (χ2n) is 7.34. The molecule has 5 rings (SSSR count). The van der Waals surface area contributed by atoms with Crippen LogP contribution in [0.2, 0.25) is 0 Å². The van der Waals surface area contributed by atoms with Gasteiger partial charge in [0.05, 0.1) is 24.1 Å². The summed E-state index contributed by atoms with van der Waals surface area (Å²) >= 11 is 1.58. The summed E-state index contributed by atoms with van der Waals surface area (Å²) in [6.45, 7) is 3.03. The highest BCUT2D eigenvalue weighted by Gasteiger charge is 2.17. The van der Waals surface area contributed by atoms with Crippen LogP contribution in [-0.2, 0) is 12.3 Å². The van der Waals surface area contributed by atoms with Gasteiger partial charge in [0.2, 0.25) is 5.78 Å². The zero-order chi connectivity index (χ0) is 21.9. The van der Waals surface area contributed by atoms with Crippen LogP contribution in [0.4, 0.5) is 0 Å². The molecule has 7 heteroatoms. The minimum absolute atomic E-state index is 0.0670. The van der Waals surface area contributed by atoms with Crippen molar-refractivity contribution in [2.24, 2.45) is 0 Å². The maximum absolute atomic E-state index is 13.3. The number of aromatic nitrogens is 4. The third kappa shape index (κ3) is 3.76. The molecule has 0 saturated carbocycles. The molecule has 2 aromatic heterocycles. The minimum Gasteiger partial charge on any atom is -0.494 e. The quantitative estimate of drug-likeness (QED) is 0.339. The van der Waals surface area contributed by atoms with Gasteiger partial charge < -0.3 is 4.74 Å². The summed E-state index contributed by atoms with van der Waals surface area (Å²) in [5.74, 6) is 2.10. The van der Waals surface area contributed by atoms with Crippen molar-refractivity contribution in [3.63, 3.8) is 0 Å². The number of fused-ring (bicyclic) bond motifs is 3. The maximum atomic E-state index is 13.3. The van der Waals surface area contributed by atoms with Gasteiger partial charge in [0.25, 0.3) is 5.56 Å². The molecule has 0 amide bonds. The summed E-state index contributed by atoms with van der Waals surface area (Å²) in [5, 5.41) is 10.3. The fourth-order valence-corrected chi connectivity index (χ4v) is 4.73. The molecule has 5 aromatic rings. The van der Waals surface area contributed by atoms with E-state index in [0.717, 1.165) is 27.5 Å². The van der Waals surface area contributed by atoms with E-state index in [9.17, 15) is 4.79 Å². The molecule has 6 nitrogen and oxygen atoms in total. The Labute approximate surface area is 189 Å². The lowest BCUT2D eigenvalue weighted by Gasteiger charge is -2.12. The molecule has 3 aromatic carbocycles. The lowest BCUT2D eigenvalue weighted by Crippen LogP contribution is -2.24. The summed E-state index contributed by atoms with van der Waals surface area (Å²) in [6, 6.07) is 25.6. The molecular weight excluding hydrogens is 420 g/mol. The Morgan fingerprint density at radius 1 is 0.906 bits per heavy atom. The number of thioether (sulfide) groups is 1. The van der Waals surface area contributed by atoms with Gasteiger partial charge in [0, 0.05) is 11.3 Å². The van der Waals surface area contributed by atoms with E-state index in [4.69, 9.17) is 4.74 Å². The van der Waals surface area contributed by atoms with Gasteiger partial charge in [0.1, 0.15) is 5.75 Å². The van der Waals surface area contributed by atoms with Crippen molar-refractivity contribution in [2.45, 2.75) is 24.4 Å². The first-order chi connectivity index (χ1) is 15.8. The SMILES string of the molecule is CCOc1ccccc1CSc1nnc2n(Cc3ccccc3)c(=O)c3ccccc3n12. The van der Waals surface area contributed by atoms with E-state index in [1.807, 2.05) is 84.1 Å². The van der Waals surface area contributed by atoms with Gasteiger partial charge in [-0.1, -0.05) is 72.4 Å². The second kappa shape index (κ2) is 8.88. The van der Waals surface area contributed by atoms with Crippen LogP contribution in [0, 0.1) is 0 Å². The van der Waals surface area contributed by atoms with E-state index in [0.29, 0.717) is 30.1 Å². The standard InChI is InChI=1S/C25H22N4O2S/c1-2-31-22-15-9-6-12-19(22)17-32-25-27-26-24-28(16-18-10-4-3-5-11-18)23(30)20-13-7-8-14-21(20)29(24)25/h3-15H,2,16-17H2,1H3. The predicted molar refractivity (Wildman–Crippen MR) is 127 cm³/mol. The van der Waals surface area contributed by atoms with Crippen molar-refractivity contribution in [3.8, 4) is 5.75 Å². The van der Waals surface area contributed by atoms with Gasteiger partial charge in [-0.15, -0.1) is 10.2 Å². The second-order valence-corrected chi connectivity index (χ2v) is 8.28. The Balaban J connectivity index is 1.60. The molecule has 0 fully saturated rings. The summed E-state index contributed by atoms with van der Waals surface area (Å²) in [6.07, 6.45) is 0. The van der Waals surface area contributed by atoms with Crippen LogP contribution >= 0.6 is 11.8 Å². The number of rotatable bonds is 7. The number of para-hydroxylation sites is 2. The molecular formula is C25H22N4O2S. The normalized spacial score (nSPS) is 11.3. The lowest BCUT2D eigenvalue weighted by atomic mass is 10.2. The molecule has 2 heterocycles. The Morgan fingerprint density at radius 2 is 1.66 bits per heavy atom. The first-order valence-electron chi connectivity index (χ1n) is 10.5. The zero-order valence-corrected chi connectivity index (χ0v) is 18.5. The van der Waals surface area contributed by atoms with Gasteiger partial charge in [-0.3, -0.25) is 13.8 Å². The average molecular weight is 443 g/mol. The number of hydrogen-bond acceptors (Lipinski definition) is 5. The fourth-order valence-electron chi connectivity index (χ4n) is 3.80. The molecule has 0 radical (unpaired) electrons. The van der Waals surface area contributed by atoms with Crippen LogP contribution in [-0.4, -0.2) is 25.8 Å². The van der Waals surface area contributed by atoms with Crippen molar-refractivity contribution in [2.75, 3.05) is 6.61 Å². The van der Waals surface area contributed by atoms with Crippen LogP contribution < -0.4 is 10.3 Å². The molecule has 0 saturated heterocycles. The van der Waals surface area contributed by atoms with Crippen LogP contribution in [0.5, 0.6) is 5.75 Å². The van der Waals surface area contributed by atoms with Gasteiger partial charge >= 0.3 is 0 Å². The fraction of sp³-hybridized carbons (Fsp3) is 0.160. The molecule has 160 valence electrons. The van der Waals surface area contributed by atoms with E-state index < -0.39 is 0 Å². The zero-order valence-electron chi connectivity index (χ0n) is 17.6. The molecule has 0 aliphatic rings. The molecule has 0 atom stereocenters. The molecule has 0 spiro atoms. The van der Waals surface area contributed by atoms with Crippen LogP contribution in [0.25, 0.3) is 16.7 Å². The average Bonchev–Trinajstić information content (AvgIpc) is 3.26. The first-order valence-corrected chi connectivity index (χ1v) is 11.5. The van der Waals surface area contributed by atoms with E-state index in [1.54, 1.807) is 16.3 Å². The Hall–Kier alpha value is -3.58. The van der Waals surface area contributed by atoms with Gasteiger partial charge in [0.15, 0.2) is 5.16 Å². The smallest absolute Gasteiger partial charge is 0.263 e. The van der Waals surface area contributed by atoms with Crippen LogP contribution in [0.3, 0.4) is 0 Å². The number of hydrogen-bond donors (Lipinski definition) is 0. The summed E-state index contributed by atoms with van der Waals surface area (Å²) < 4.78 is 9.44. The van der Waals surface area contributed by atoms with Crippen molar-refractivity contribution in [3.05, 3.63) is 100 Å². The van der Waals surface area contributed by atoms with E-state index in [1.165, 1.54) is 0 Å². The first kappa shape index (κ1) is 20.3. The Kier molecular flexibility index (Phi) is 5.64. The molecule has 0 bridgehead atoms. The van der Waals surface area contributed by atoms with Gasteiger partial charge in [-0.25, -0.2) is 0 Å². The largest absolute Gasteiger partial charge is 0.494 e. The van der Waals surface area contributed by atoms with Crippen molar-refractivity contribution in [1.82, 2.24) is 19.2 Å². The van der Waals surface area contributed by atoms with Crippen molar-refractivity contribution >= 4 is 28.4 Å². The molecule has 0 N–H and O–H groups in total. The van der Waals surface area contributed by atoms with Gasteiger partial charge in [-0.05, 0) is 30.7 Å². The molecule has 0 aliphatic heterocycles. The molecule has 0 aliphatic carbocycles. The molecule has 32 heavy (non-hydrogen) atoms. The Morgan fingerprint density at radius 3 is 2.50 bits per heavy atom. The van der Waals surface area contributed by atoms with E-state index >= 15 is 0 Å². The minimum atomic E-state index is -0.0670. The predicted octanol–water partition coefficient (Wildman–Crippen LogP) is 4.78. The maximum Gasteiger partial charge on any atom is 0.263 e. The highest BCUT2D eigenvalue weighted by molar-refractivity contribution is 7.98. The lowest BCUT2D eigenvalue weighted by molar-refractivity contribution is 0.337. The third-order valence-electron chi connectivity index (χ3n) is 5.29. The monoisotopic (exact) mass is 442 g/mol. The highest BCUT2D eigenvalue weighted by Crippen LogP contribution is 2.28. The number of benzene rings is 3. The van der Waals surface area contributed by atoms with Gasteiger partial charge in [-0.2, -0.15) is 0 Å². The molecule has 0 unspecified atom stereocenters. The van der Waals surface area contributed by atoms with Crippen molar-refractivity contribution in [1.29, 1.82) is 0 Å². The van der Waals surface area contributed by atoms with E-state index in [2.05, 4.69) is 16.3 Å². The topological polar surface area (TPSA) is 61.4 Å².